The van der Waals surface area contributed by atoms with Crippen LogP contribution >= 0.6 is 0 Å². The molecule has 2 fully saturated rings. The van der Waals surface area contributed by atoms with E-state index in [1.807, 2.05) is 0 Å². The van der Waals surface area contributed by atoms with Crippen LogP contribution in [0.5, 0.6) is 5.75 Å². The molecular formula is C22H31N3O6S. The van der Waals surface area contributed by atoms with E-state index in [2.05, 4.69) is 19.2 Å². The van der Waals surface area contributed by atoms with E-state index in [4.69, 9.17) is 9.47 Å². The summed E-state index contributed by atoms with van der Waals surface area (Å²) in [6.07, 6.45) is 3.15. The maximum absolute atomic E-state index is 13.1. The van der Waals surface area contributed by atoms with Gasteiger partial charge in [-0.3, -0.25) is 14.5 Å². The van der Waals surface area contributed by atoms with Gasteiger partial charge < -0.3 is 14.8 Å². The summed E-state index contributed by atoms with van der Waals surface area (Å²) in [5.41, 5.74) is 0.302. The summed E-state index contributed by atoms with van der Waals surface area (Å²) in [4.78, 5) is 26.8. The number of morpholine rings is 1. The number of anilines is 1. The third-order valence-electron chi connectivity index (χ3n) is 6.84. The lowest BCUT2D eigenvalue weighted by molar-refractivity contribution is -0.126. The Bertz CT molecular complexity index is 976. The molecule has 0 spiro atoms. The van der Waals surface area contributed by atoms with Crippen molar-refractivity contribution in [2.24, 2.45) is 11.8 Å². The van der Waals surface area contributed by atoms with E-state index in [0.29, 0.717) is 36.5 Å². The summed E-state index contributed by atoms with van der Waals surface area (Å²) in [5.74, 6) is 0.661. The van der Waals surface area contributed by atoms with Crippen molar-refractivity contribution in [3.8, 4) is 5.75 Å². The number of carbonyl (C=O) groups is 2. The lowest BCUT2D eigenvalue weighted by Crippen LogP contribution is -2.50. The Morgan fingerprint density at radius 2 is 1.94 bits per heavy atom. The van der Waals surface area contributed by atoms with Crippen LogP contribution in [0.25, 0.3) is 0 Å². The molecule has 1 aromatic rings. The molecule has 3 atom stereocenters. The van der Waals surface area contributed by atoms with Crippen LogP contribution in [0.4, 0.5) is 5.69 Å². The van der Waals surface area contributed by atoms with Crippen molar-refractivity contribution in [2.45, 2.75) is 44.0 Å². The zero-order valence-corrected chi connectivity index (χ0v) is 19.4. The zero-order chi connectivity index (χ0) is 22.9. The maximum atomic E-state index is 13.1. The minimum absolute atomic E-state index is 0.0663. The first-order chi connectivity index (χ1) is 15.3. The van der Waals surface area contributed by atoms with Crippen molar-refractivity contribution in [3.63, 3.8) is 0 Å². The molecule has 0 radical (unpaired) electrons. The quantitative estimate of drug-likeness (QED) is 0.704. The standard InChI is InChI=1S/C22H31N3O6S/c1-15-4-3-5-18(16(15)2)23-21(26)13-25-19-12-17(6-7-20(19)31-14-22(25)27)32(28,29)24-8-10-30-11-9-24/h6-7,12,15-16,18H,3-5,8-11,13-14H2,1-2H3,(H,23,26)/t15-,16-,18+/m1/s1. The molecule has 1 saturated carbocycles. The van der Waals surface area contributed by atoms with Crippen molar-refractivity contribution < 1.29 is 27.5 Å². The Balaban J connectivity index is 1.54. The van der Waals surface area contributed by atoms with Crippen LogP contribution in [0.1, 0.15) is 33.1 Å². The molecule has 4 rings (SSSR count). The van der Waals surface area contributed by atoms with Gasteiger partial charge in [0.2, 0.25) is 15.9 Å². The molecule has 0 aromatic heterocycles. The van der Waals surface area contributed by atoms with Gasteiger partial charge >= 0.3 is 0 Å². The molecule has 1 aromatic carbocycles. The molecule has 1 saturated heterocycles. The van der Waals surface area contributed by atoms with Crippen LogP contribution in [-0.2, 0) is 24.3 Å². The molecule has 3 aliphatic rings. The van der Waals surface area contributed by atoms with Crippen molar-refractivity contribution >= 4 is 27.5 Å². The number of benzene rings is 1. The third-order valence-corrected chi connectivity index (χ3v) is 8.73. The molecule has 0 bridgehead atoms. The van der Waals surface area contributed by atoms with E-state index in [0.717, 1.165) is 19.3 Å². The first kappa shape index (κ1) is 23.0. The van der Waals surface area contributed by atoms with Crippen LogP contribution < -0.4 is 15.0 Å². The molecule has 9 nitrogen and oxygen atoms in total. The minimum Gasteiger partial charge on any atom is -0.482 e. The van der Waals surface area contributed by atoms with Gasteiger partial charge in [-0.05, 0) is 36.5 Å². The van der Waals surface area contributed by atoms with E-state index >= 15 is 0 Å². The number of ether oxygens (including phenoxy) is 2. The lowest BCUT2D eigenvalue weighted by atomic mass is 9.78. The van der Waals surface area contributed by atoms with E-state index in [1.54, 1.807) is 6.07 Å². The largest absolute Gasteiger partial charge is 0.482 e. The van der Waals surface area contributed by atoms with Gasteiger partial charge in [-0.15, -0.1) is 0 Å². The maximum Gasteiger partial charge on any atom is 0.265 e. The predicted molar refractivity (Wildman–Crippen MR) is 118 cm³/mol. The van der Waals surface area contributed by atoms with E-state index in [1.165, 1.54) is 21.3 Å². The SMILES string of the molecule is C[C@@H]1[C@H](C)CCC[C@@H]1NC(=O)CN1C(=O)COc2ccc(S(=O)(=O)N3CCOCC3)cc21. The van der Waals surface area contributed by atoms with Gasteiger partial charge in [0.05, 0.1) is 23.8 Å². The van der Waals surface area contributed by atoms with Crippen LogP contribution in [0, 0.1) is 11.8 Å². The highest BCUT2D eigenvalue weighted by Gasteiger charge is 2.33. The van der Waals surface area contributed by atoms with Crippen LogP contribution in [0.2, 0.25) is 0 Å². The number of rotatable bonds is 5. The number of hydrogen-bond donors (Lipinski definition) is 1. The summed E-state index contributed by atoms with van der Waals surface area (Å²) < 4.78 is 38.2. The van der Waals surface area contributed by atoms with Gasteiger partial charge in [0.25, 0.3) is 5.91 Å². The Hall–Kier alpha value is -2.17. The van der Waals surface area contributed by atoms with Crippen molar-refractivity contribution in [2.75, 3.05) is 44.4 Å². The highest BCUT2D eigenvalue weighted by Crippen LogP contribution is 2.35. The molecule has 2 amide bonds. The number of hydrogen-bond acceptors (Lipinski definition) is 6. The Labute approximate surface area is 189 Å². The second kappa shape index (κ2) is 9.36. The van der Waals surface area contributed by atoms with Gasteiger partial charge in [0, 0.05) is 19.1 Å². The van der Waals surface area contributed by atoms with E-state index < -0.39 is 10.0 Å². The monoisotopic (exact) mass is 465 g/mol. The van der Waals surface area contributed by atoms with Crippen molar-refractivity contribution in [1.82, 2.24) is 9.62 Å². The minimum atomic E-state index is -3.74. The molecule has 1 N–H and O–H groups in total. The van der Waals surface area contributed by atoms with Gasteiger partial charge in [0.1, 0.15) is 12.3 Å². The smallest absolute Gasteiger partial charge is 0.265 e. The Morgan fingerprint density at radius 1 is 1.19 bits per heavy atom. The summed E-state index contributed by atoms with van der Waals surface area (Å²) >= 11 is 0. The topological polar surface area (TPSA) is 105 Å². The van der Waals surface area contributed by atoms with Crippen molar-refractivity contribution in [3.05, 3.63) is 18.2 Å². The first-order valence-corrected chi connectivity index (χ1v) is 12.7. The number of fused-ring (bicyclic) bond motifs is 1. The fraction of sp³-hybridized carbons (Fsp3) is 0.636. The van der Waals surface area contributed by atoms with Gasteiger partial charge in [-0.1, -0.05) is 26.7 Å². The highest BCUT2D eigenvalue weighted by molar-refractivity contribution is 7.89. The molecule has 32 heavy (non-hydrogen) atoms. The van der Waals surface area contributed by atoms with Crippen LogP contribution in [0.15, 0.2) is 23.1 Å². The second-order valence-corrected chi connectivity index (χ2v) is 10.8. The summed E-state index contributed by atoms with van der Waals surface area (Å²) in [7, 11) is -3.74. The summed E-state index contributed by atoms with van der Waals surface area (Å²) in [6.45, 7) is 5.22. The fourth-order valence-corrected chi connectivity index (χ4v) is 6.06. The Kier molecular flexibility index (Phi) is 6.73. The first-order valence-electron chi connectivity index (χ1n) is 11.2. The van der Waals surface area contributed by atoms with Crippen LogP contribution in [-0.4, -0.2) is 70.0 Å². The lowest BCUT2D eigenvalue weighted by Gasteiger charge is -2.35. The van der Waals surface area contributed by atoms with E-state index in [9.17, 15) is 18.0 Å². The summed E-state index contributed by atoms with van der Waals surface area (Å²) in [6, 6.07) is 4.53. The van der Waals surface area contributed by atoms with E-state index in [-0.39, 0.29) is 49.0 Å². The van der Waals surface area contributed by atoms with Gasteiger partial charge in [0.15, 0.2) is 6.61 Å². The molecule has 2 aliphatic heterocycles. The summed E-state index contributed by atoms with van der Waals surface area (Å²) in [5, 5.41) is 3.08. The fourth-order valence-electron chi connectivity index (χ4n) is 4.63. The molecule has 1 aliphatic carbocycles. The highest BCUT2D eigenvalue weighted by atomic mass is 32.2. The number of carbonyl (C=O) groups excluding carboxylic acids is 2. The molecule has 2 heterocycles. The Morgan fingerprint density at radius 3 is 2.69 bits per heavy atom. The van der Waals surface area contributed by atoms with Gasteiger partial charge in [-0.25, -0.2) is 8.42 Å². The van der Waals surface area contributed by atoms with Crippen LogP contribution in [0.3, 0.4) is 0 Å². The number of sulfonamides is 1. The zero-order valence-electron chi connectivity index (χ0n) is 18.6. The number of amides is 2. The number of nitrogens with one attached hydrogen (secondary N) is 1. The molecule has 176 valence electrons. The normalized spacial score (nSPS) is 26.9. The average molecular weight is 466 g/mol. The molecule has 0 unspecified atom stereocenters. The molecule has 10 heteroatoms. The van der Waals surface area contributed by atoms with Crippen molar-refractivity contribution in [1.29, 1.82) is 0 Å². The predicted octanol–water partition coefficient (Wildman–Crippen LogP) is 1.37. The second-order valence-electron chi connectivity index (χ2n) is 8.86. The van der Waals surface area contributed by atoms with Gasteiger partial charge in [-0.2, -0.15) is 4.31 Å². The average Bonchev–Trinajstić information content (AvgIpc) is 2.79. The molecular weight excluding hydrogens is 434 g/mol. The third kappa shape index (κ3) is 4.62. The number of nitrogens with zero attached hydrogens (tertiary/aromatic N) is 2.